The fraction of sp³-hybridized carbons (Fsp3) is 0.333. The highest BCUT2D eigenvalue weighted by Crippen LogP contribution is 2.29. The summed E-state index contributed by atoms with van der Waals surface area (Å²) in [5.41, 5.74) is 2.04. The maximum Gasteiger partial charge on any atom is 0.249 e. The third kappa shape index (κ3) is 5.26. The number of amides is 2. The molecule has 0 saturated carbocycles. The lowest BCUT2D eigenvalue weighted by Gasteiger charge is -2.27. The first kappa shape index (κ1) is 23.1. The van der Waals surface area contributed by atoms with Crippen molar-refractivity contribution in [1.82, 2.24) is 10.6 Å². The Bertz CT molecular complexity index is 894. The Labute approximate surface area is 181 Å². The summed E-state index contributed by atoms with van der Waals surface area (Å²) in [6.07, 6.45) is 1.11. The Morgan fingerprint density at radius 3 is 2.76 bits per heavy atom. The molecule has 2 aromatic carbocycles. The first-order valence-electron chi connectivity index (χ1n) is 9.21. The Hall–Kier alpha value is -2.15. The van der Waals surface area contributed by atoms with Gasteiger partial charge in [0.2, 0.25) is 11.8 Å². The summed E-state index contributed by atoms with van der Waals surface area (Å²) in [6.45, 7) is 1.76. The average Bonchev–Trinajstić information content (AvgIpc) is 2.82. The molecule has 0 aliphatic carbocycles. The number of carbonyl (C=O) groups excluding carboxylic acids is 2. The molecule has 5 nitrogen and oxygen atoms in total. The summed E-state index contributed by atoms with van der Waals surface area (Å²) >= 11 is 6.02. The number of nitrogens with one attached hydrogen (secondary N) is 2. The molecule has 0 saturated heterocycles. The van der Waals surface area contributed by atoms with E-state index in [1.54, 1.807) is 14.0 Å². The molecule has 1 aliphatic rings. The first-order chi connectivity index (χ1) is 13.4. The van der Waals surface area contributed by atoms with E-state index in [1.165, 1.54) is 23.1 Å². The second-order valence-electron chi connectivity index (χ2n) is 6.90. The number of para-hydroxylation sites is 1. The molecule has 0 unspecified atom stereocenters. The van der Waals surface area contributed by atoms with Crippen LogP contribution in [0.15, 0.2) is 42.5 Å². The van der Waals surface area contributed by atoms with E-state index in [-0.39, 0.29) is 30.8 Å². The van der Waals surface area contributed by atoms with Crippen LogP contribution in [-0.4, -0.2) is 30.9 Å². The van der Waals surface area contributed by atoms with Gasteiger partial charge in [-0.15, -0.1) is 12.4 Å². The maximum atomic E-state index is 14.3. The fourth-order valence-corrected chi connectivity index (χ4v) is 3.47. The number of nitrogens with zero attached hydrogens (tertiary/aromatic N) is 1. The highest BCUT2D eigenvalue weighted by Gasteiger charge is 2.32. The minimum atomic E-state index is -0.682. The van der Waals surface area contributed by atoms with Crippen molar-refractivity contribution in [3.8, 4) is 0 Å². The Kier molecular flexibility index (Phi) is 8.02. The predicted octanol–water partition coefficient (Wildman–Crippen LogP) is 3.47. The number of aryl methyl sites for hydroxylation is 1. The second kappa shape index (κ2) is 10.1. The molecular formula is C21H24Cl2FN3O2. The van der Waals surface area contributed by atoms with Crippen LogP contribution in [0.5, 0.6) is 0 Å². The van der Waals surface area contributed by atoms with Crippen molar-refractivity contribution in [1.29, 1.82) is 0 Å². The van der Waals surface area contributed by atoms with Crippen molar-refractivity contribution in [3.05, 3.63) is 64.4 Å². The smallest absolute Gasteiger partial charge is 0.249 e. The highest BCUT2D eigenvalue weighted by molar-refractivity contribution is 6.30. The van der Waals surface area contributed by atoms with Gasteiger partial charge >= 0.3 is 0 Å². The van der Waals surface area contributed by atoms with Crippen LogP contribution in [0.25, 0.3) is 0 Å². The van der Waals surface area contributed by atoms with Crippen molar-refractivity contribution in [2.75, 3.05) is 11.9 Å². The van der Waals surface area contributed by atoms with Crippen LogP contribution in [0.1, 0.15) is 24.5 Å². The lowest BCUT2D eigenvalue weighted by molar-refractivity contribution is -0.128. The van der Waals surface area contributed by atoms with E-state index < -0.39 is 17.9 Å². The summed E-state index contributed by atoms with van der Waals surface area (Å²) in [4.78, 5) is 27.1. The zero-order valence-electron chi connectivity index (χ0n) is 16.2. The number of benzene rings is 2. The van der Waals surface area contributed by atoms with Gasteiger partial charge in [-0.05, 0) is 56.6 Å². The molecule has 156 valence electrons. The third-order valence-corrected chi connectivity index (χ3v) is 5.26. The van der Waals surface area contributed by atoms with Crippen LogP contribution in [-0.2, 0) is 22.6 Å². The fourth-order valence-electron chi connectivity index (χ4n) is 3.28. The Morgan fingerprint density at radius 1 is 1.31 bits per heavy atom. The zero-order chi connectivity index (χ0) is 20.3. The molecule has 1 heterocycles. The lowest BCUT2D eigenvalue weighted by atomic mass is 10.1. The summed E-state index contributed by atoms with van der Waals surface area (Å²) in [6, 6.07) is 10.7. The van der Waals surface area contributed by atoms with E-state index in [0.717, 1.165) is 11.3 Å². The van der Waals surface area contributed by atoms with E-state index in [2.05, 4.69) is 10.6 Å². The lowest BCUT2D eigenvalue weighted by Crippen LogP contribution is -2.52. The number of carbonyl (C=O) groups is 2. The molecule has 0 bridgehead atoms. The summed E-state index contributed by atoms with van der Waals surface area (Å²) in [5, 5.41) is 6.09. The van der Waals surface area contributed by atoms with Crippen LogP contribution in [0.4, 0.5) is 10.1 Å². The number of hydrogen-bond donors (Lipinski definition) is 2. The monoisotopic (exact) mass is 439 g/mol. The van der Waals surface area contributed by atoms with Gasteiger partial charge in [0.25, 0.3) is 0 Å². The zero-order valence-corrected chi connectivity index (χ0v) is 17.8. The van der Waals surface area contributed by atoms with Crippen LogP contribution in [0, 0.1) is 5.82 Å². The molecule has 8 heteroatoms. The molecule has 0 fully saturated rings. The molecule has 3 rings (SSSR count). The van der Waals surface area contributed by atoms with Crippen LogP contribution >= 0.6 is 24.0 Å². The van der Waals surface area contributed by atoms with Crippen molar-refractivity contribution < 1.29 is 14.0 Å². The summed E-state index contributed by atoms with van der Waals surface area (Å²) in [7, 11) is 1.68. The molecule has 0 aromatic heterocycles. The first-order valence-corrected chi connectivity index (χ1v) is 9.59. The second-order valence-corrected chi connectivity index (χ2v) is 7.34. The van der Waals surface area contributed by atoms with Gasteiger partial charge in [-0.3, -0.25) is 9.59 Å². The Morgan fingerprint density at radius 2 is 2.03 bits per heavy atom. The minimum absolute atomic E-state index is 0. The molecule has 0 radical (unpaired) electrons. The summed E-state index contributed by atoms with van der Waals surface area (Å²) < 4.78 is 14.3. The standard InChI is InChI=1S/C21H23ClFN3O2.ClH/c1-13(24-2)20(27)25-18-10-7-14-5-3-4-6-19(14)26(21(18)28)12-15-11-16(22)8-9-17(15)23;/h3-6,8-9,11,13,18,24H,7,10,12H2,1-2H3,(H,25,27);1H/t13-,18-;/m0./s1. The van der Waals surface area contributed by atoms with Gasteiger partial charge in [0.1, 0.15) is 11.9 Å². The van der Waals surface area contributed by atoms with Crippen LogP contribution in [0.2, 0.25) is 5.02 Å². The van der Waals surface area contributed by atoms with E-state index in [0.29, 0.717) is 23.4 Å². The average molecular weight is 440 g/mol. The Balaban J connectivity index is 0.00000300. The van der Waals surface area contributed by atoms with Crippen molar-refractivity contribution >= 4 is 41.5 Å². The maximum absolute atomic E-state index is 14.3. The van der Waals surface area contributed by atoms with Crippen molar-refractivity contribution in [2.24, 2.45) is 0 Å². The van der Waals surface area contributed by atoms with Gasteiger partial charge < -0.3 is 15.5 Å². The minimum Gasteiger partial charge on any atom is -0.343 e. The molecule has 2 amide bonds. The SMILES string of the molecule is CN[C@@H](C)C(=O)N[C@H]1CCc2ccccc2N(Cc2cc(Cl)ccc2F)C1=O.Cl. The number of likely N-dealkylation sites (N-methyl/N-ethyl adjacent to an activating group) is 1. The highest BCUT2D eigenvalue weighted by atomic mass is 35.5. The van der Waals surface area contributed by atoms with Gasteiger partial charge in [-0.2, -0.15) is 0 Å². The number of rotatable bonds is 5. The van der Waals surface area contributed by atoms with E-state index >= 15 is 0 Å². The van der Waals surface area contributed by atoms with Crippen LogP contribution < -0.4 is 15.5 Å². The largest absolute Gasteiger partial charge is 0.343 e. The molecule has 0 spiro atoms. The van der Waals surface area contributed by atoms with E-state index in [4.69, 9.17) is 11.6 Å². The van der Waals surface area contributed by atoms with Gasteiger partial charge in [0, 0.05) is 16.3 Å². The molecule has 2 N–H and O–H groups in total. The number of fused-ring (bicyclic) bond motifs is 1. The van der Waals surface area contributed by atoms with Crippen molar-refractivity contribution in [2.45, 2.75) is 38.4 Å². The normalized spacial score (nSPS) is 17.0. The van der Waals surface area contributed by atoms with Crippen molar-refractivity contribution in [3.63, 3.8) is 0 Å². The van der Waals surface area contributed by atoms with E-state index in [9.17, 15) is 14.0 Å². The quantitative estimate of drug-likeness (QED) is 0.749. The van der Waals surface area contributed by atoms with Gasteiger partial charge in [-0.25, -0.2) is 4.39 Å². The molecule has 1 aliphatic heterocycles. The third-order valence-electron chi connectivity index (χ3n) is 5.03. The summed E-state index contributed by atoms with van der Waals surface area (Å²) in [5.74, 6) is -0.940. The van der Waals surface area contributed by atoms with Gasteiger partial charge in [0.05, 0.1) is 12.6 Å². The van der Waals surface area contributed by atoms with Gasteiger partial charge in [-0.1, -0.05) is 29.8 Å². The van der Waals surface area contributed by atoms with Crippen LogP contribution in [0.3, 0.4) is 0 Å². The number of halogens is 3. The number of hydrogen-bond acceptors (Lipinski definition) is 3. The van der Waals surface area contributed by atoms with E-state index in [1.807, 2.05) is 24.3 Å². The topological polar surface area (TPSA) is 61.4 Å². The number of anilines is 1. The molecule has 2 atom stereocenters. The molecular weight excluding hydrogens is 416 g/mol. The molecule has 29 heavy (non-hydrogen) atoms. The molecule has 2 aromatic rings. The predicted molar refractivity (Wildman–Crippen MR) is 115 cm³/mol. The van der Waals surface area contributed by atoms with Gasteiger partial charge in [0.15, 0.2) is 0 Å².